The van der Waals surface area contributed by atoms with Crippen LogP contribution in [-0.4, -0.2) is 45.5 Å². The summed E-state index contributed by atoms with van der Waals surface area (Å²) in [5, 5.41) is 5.10. The minimum atomic E-state index is -1.06. The van der Waals surface area contributed by atoms with E-state index >= 15 is 0 Å². The smallest absolute Gasteiger partial charge is 0.357 e. The van der Waals surface area contributed by atoms with Crippen LogP contribution in [0.3, 0.4) is 0 Å². The van der Waals surface area contributed by atoms with Crippen molar-refractivity contribution in [1.29, 1.82) is 0 Å². The van der Waals surface area contributed by atoms with Crippen LogP contribution in [0.2, 0.25) is 0 Å². The normalized spacial score (nSPS) is 16.8. The molecular formula is C22H27N3O5S. The predicted molar refractivity (Wildman–Crippen MR) is 116 cm³/mol. The number of aromatic nitrogens is 2. The number of amides is 1. The van der Waals surface area contributed by atoms with Gasteiger partial charge >= 0.3 is 5.97 Å². The van der Waals surface area contributed by atoms with Crippen molar-refractivity contribution in [3.63, 3.8) is 0 Å². The van der Waals surface area contributed by atoms with Crippen LogP contribution < -0.4 is 0 Å². The standard InChI is InChI=1S/C22H27N3O5S/c1-11-9-12(2)16(13(3)10-11)17-19(29-21(27)18-14(4)23-24-31-18)22(6,7)25(20(17)26)30-15(5)28-8/h9-10,15H,1-8H3. The molecule has 0 radical (unpaired) electrons. The zero-order valence-corrected chi connectivity index (χ0v) is 19.8. The van der Waals surface area contributed by atoms with E-state index in [0.29, 0.717) is 11.3 Å². The molecule has 1 aliphatic rings. The molecule has 2 aromatic rings. The maximum atomic E-state index is 13.6. The topological polar surface area (TPSA) is 90.8 Å². The maximum absolute atomic E-state index is 13.6. The van der Waals surface area contributed by atoms with Gasteiger partial charge in [-0.1, -0.05) is 22.2 Å². The molecule has 1 aliphatic heterocycles. The molecule has 2 heterocycles. The predicted octanol–water partition coefficient (Wildman–Crippen LogP) is 3.88. The molecular weight excluding hydrogens is 418 g/mol. The lowest BCUT2D eigenvalue weighted by atomic mass is 9.91. The van der Waals surface area contributed by atoms with E-state index in [1.54, 1.807) is 27.7 Å². The molecule has 0 saturated heterocycles. The molecule has 1 amide bonds. The molecule has 1 aromatic heterocycles. The molecule has 1 unspecified atom stereocenters. The number of hydrogen-bond donors (Lipinski definition) is 0. The van der Waals surface area contributed by atoms with Crippen LogP contribution in [0.5, 0.6) is 0 Å². The average molecular weight is 446 g/mol. The first-order valence-corrected chi connectivity index (χ1v) is 10.6. The Morgan fingerprint density at radius 2 is 1.77 bits per heavy atom. The second-order valence-electron chi connectivity index (χ2n) is 8.12. The number of ether oxygens (including phenoxy) is 2. The van der Waals surface area contributed by atoms with Crippen LogP contribution in [0.25, 0.3) is 5.57 Å². The highest BCUT2D eigenvalue weighted by atomic mass is 32.1. The van der Waals surface area contributed by atoms with Gasteiger partial charge in [0.25, 0.3) is 5.91 Å². The third kappa shape index (κ3) is 4.13. The van der Waals surface area contributed by atoms with E-state index < -0.39 is 23.7 Å². The Morgan fingerprint density at radius 1 is 1.16 bits per heavy atom. The molecule has 1 aromatic carbocycles. The Bertz CT molecular complexity index is 1050. The van der Waals surface area contributed by atoms with Gasteiger partial charge in [0.05, 0.1) is 11.3 Å². The van der Waals surface area contributed by atoms with E-state index in [1.807, 2.05) is 32.9 Å². The monoisotopic (exact) mass is 445 g/mol. The van der Waals surface area contributed by atoms with Crippen LogP contribution in [0.1, 0.15) is 58.4 Å². The van der Waals surface area contributed by atoms with Crippen molar-refractivity contribution in [2.75, 3.05) is 7.11 Å². The fraction of sp³-hybridized carbons (Fsp3) is 0.455. The Morgan fingerprint density at radius 3 is 2.29 bits per heavy atom. The summed E-state index contributed by atoms with van der Waals surface area (Å²) in [6.45, 7) is 12.8. The summed E-state index contributed by atoms with van der Waals surface area (Å²) in [5.74, 6) is -0.788. The van der Waals surface area contributed by atoms with E-state index in [4.69, 9.17) is 14.3 Å². The average Bonchev–Trinajstić information content (AvgIpc) is 3.18. The lowest BCUT2D eigenvalue weighted by Crippen LogP contribution is -2.46. The van der Waals surface area contributed by atoms with Crippen LogP contribution in [0, 0.1) is 27.7 Å². The number of methoxy groups -OCH3 is 1. The summed E-state index contributed by atoms with van der Waals surface area (Å²) < 4.78 is 14.9. The zero-order valence-electron chi connectivity index (χ0n) is 19.0. The van der Waals surface area contributed by atoms with E-state index in [-0.39, 0.29) is 10.6 Å². The second kappa shape index (κ2) is 8.49. The first-order chi connectivity index (χ1) is 14.5. The summed E-state index contributed by atoms with van der Waals surface area (Å²) in [6.07, 6.45) is -0.673. The minimum absolute atomic E-state index is 0.216. The van der Waals surface area contributed by atoms with Gasteiger partial charge in [-0.05, 0) is 76.7 Å². The molecule has 166 valence electrons. The number of benzene rings is 1. The first kappa shape index (κ1) is 23.1. The van der Waals surface area contributed by atoms with Crippen molar-refractivity contribution in [3.8, 4) is 0 Å². The molecule has 1 atom stereocenters. The minimum Gasteiger partial charge on any atom is -0.423 e. The molecule has 3 rings (SSSR count). The van der Waals surface area contributed by atoms with E-state index in [9.17, 15) is 9.59 Å². The molecule has 9 heteroatoms. The number of esters is 1. The second-order valence-corrected chi connectivity index (χ2v) is 8.88. The summed E-state index contributed by atoms with van der Waals surface area (Å²) >= 11 is 0.954. The number of carbonyl (C=O) groups excluding carboxylic acids is 2. The quantitative estimate of drug-likeness (QED) is 0.492. The van der Waals surface area contributed by atoms with E-state index in [1.165, 1.54) is 12.2 Å². The fourth-order valence-electron chi connectivity index (χ4n) is 3.75. The molecule has 8 nitrogen and oxygen atoms in total. The van der Waals surface area contributed by atoms with Gasteiger partial charge in [0, 0.05) is 7.11 Å². The van der Waals surface area contributed by atoms with Gasteiger partial charge in [-0.15, -0.1) is 5.10 Å². The summed E-state index contributed by atoms with van der Waals surface area (Å²) in [4.78, 5) is 32.6. The van der Waals surface area contributed by atoms with Gasteiger partial charge in [0.2, 0.25) is 0 Å². The molecule has 0 aliphatic carbocycles. The molecule has 0 spiro atoms. The highest BCUT2D eigenvalue weighted by Crippen LogP contribution is 2.43. The van der Waals surface area contributed by atoms with Crippen molar-refractivity contribution in [1.82, 2.24) is 14.7 Å². The Balaban J connectivity index is 2.18. The third-order valence-electron chi connectivity index (χ3n) is 5.23. The van der Waals surface area contributed by atoms with Gasteiger partial charge in [0.15, 0.2) is 11.2 Å². The summed E-state index contributed by atoms with van der Waals surface area (Å²) in [5.41, 5.74) is 3.32. The molecule has 31 heavy (non-hydrogen) atoms. The number of carbonyl (C=O) groups is 2. The molecule has 0 bridgehead atoms. The number of aryl methyl sites for hydroxylation is 4. The largest absolute Gasteiger partial charge is 0.423 e. The Kier molecular flexibility index (Phi) is 6.31. The molecule has 0 N–H and O–H groups in total. The van der Waals surface area contributed by atoms with Gasteiger partial charge in [-0.25, -0.2) is 14.7 Å². The third-order valence-corrected chi connectivity index (χ3v) is 6.04. The highest BCUT2D eigenvalue weighted by molar-refractivity contribution is 7.07. The van der Waals surface area contributed by atoms with Gasteiger partial charge in [0.1, 0.15) is 11.3 Å². The van der Waals surface area contributed by atoms with Crippen molar-refractivity contribution in [2.45, 2.75) is 60.3 Å². The SMILES string of the molecule is COC(C)ON1C(=O)C(c2c(C)cc(C)cc2C)=C(OC(=O)c2snnc2C)C1(C)C. The summed E-state index contributed by atoms with van der Waals surface area (Å²) in [6, 6.07) is 3.99. The number of hydroxylamine groups is 2. The fourth-order valence-corrected chi connectivity index (χ4v) is 4.28. The summed E-state index contributed by atoms with van der Waals surface area (Å²) in [7, 11) is 1.49. The van der Waals surface area contributed by atoms with Gasteiger partial charge in [-0.3, -0.25) is 4.79 Å². The van der Waals surface area contributed by atoms with E-state index in [0.717, 1.165) is 33.8 Å². The number of hydrogen-bond acceptors (Lipinski definition) is 8. The lowest BCUT2D eigenvalue weighted by Gasteiger charge is -2.33. The molecule has 0 saturated carbocycles. The maximum Gasteiger partial charge on any atom is 0.357 e. The number of rotatable bonds is 6. The highest BCUT2D eigenvalue weighted by Gasteiger charge is 2.51. The van der Waals surface area contributed by atoms with Crippen molar-refractivity contribution in [2.24, 2.45) is 0 Å². The zero-order chi connectivity index (χ0) is 23.1. The van der Waals surface area contributed by atoms with Crippen molar-refractivity contribution >= 4 is 29.0 Å². The van der Waals surface area contributed by atoms with E-state index in [2.05, 4.69) is 9.59 Å². The van der Waals surface area contributed by atoms with Gasteiger partial charge in [-0.2, -0.15) is 0 Å². The number of nitrogens with zero attached hydrogens (tertiary/aromatic N) is 3. The van der Waals surface area contributed by atoms with Crippen molar-refractivity contribution in [3.05, 3.63) is 50.7 Å². The first-order valence-electron chi connectivity index (χ1n) is 9.87. The van der Waals surface area contributed by atoms with Gasteiger partial charge < -0.3 is 9.47 Å². The van der Waals surface area contributed by atoms with Crippen LogP contribution in [0.15, 0.2) is 17.9 Å². The Labute approximate surface area is 185 Å². The van der Waals surface area contributed by atoms with Crippen molar-refractivity contribution < 1.29 is 23.9 Å². The Hall–Kier alpha value is -2.62. The van der Waals surface area contributed by atoms with Crippen LogP contribution >= 0.6 is 11.5 Å². The molecule has 0 fully saturated rings. The van der Waals surface area contributed by atoms with Crippen LogP contribution in [0.4, 0.5) is 0 Å². The lowest BCUT2D eigenvalue weighted by molar-refractivity contribution is -0.276. The van der Waals surface area contributed by atoms with Crippen LogP contribution in [-0.2, 0) is 19.1 Å².